The van der Waals surface area contributed by atoms with Crippen LogP contribution in [0.5, 0.6) is 0 Å². The highest BCUT2D eigenvalue weighted by atomic mass is 19.1. The van der Waals surface area contributed by atoms with E-state index in [1.54, 1.807) is 0 Å². The second-order valence-electron chi connectivity index (χ2n) is 6.41. The van der Waals surface area contributed by atoms with Gasteiger partial charge in [-0.3, -0.25) is 9.69 Å². The van der Waals surface area contributed by atoms with Gasteiger partial charge in [0.2, 0.25) is 0 Å². The molecule has 0 saturated carbocycles. The van der Waals surface area contributed by atoms with Crippen LogP contribution >= 0.6 is 0 Å². The molecule has 2 aromatic rings. The zero-order valence-corrected chi connectivity index (χ0v) is 14.1. The molecule has 2 aromatic carbocycles. The van der Waals surface area contributed by atoms with Crippen LogP contribution in [-0.2, 0) is 13.1 Å². The highest BCUT2D eigenvalue weighted by Crippen LogP contribution is 2.21. The van der Waals surface area contributed by atoms with Gasteiger partial charge in [0.1, 0.15) is 5.82 Å². The summed E-state index contributed by atoms with van der Waals surface area (Å²) in [6.07, 6.45) is 2.13. The van der Waals surface area contributed by atoms with Gasteiger partial charge in [-0.25, -0.2) is 4.39 Å². The fourth-order valence-electron chi connectivity index (χ4n) is 3.29. The predicted molar refractivity (Wildman–Crippen MR) is 94.5 cm³/mol. The first-order chi connectivity index (χ1) is 12.2. The molecule has 1 aliphatic heterocycles. The molecule has 0 unspecified atom stereocenters. The summed E-state index contributed by atoms with van der Waals surface area (Å²) in [5, 5.41) is 12.4. The maximum atomic E-state index is 13.0. The van der Waals surface area contributed by atoms with Crippen LogP contribution in [0.2, 0.25) is 0 Å². The Kier molecular flexibility index (Phi) is 5.79. The number of nitrogens with one attached hydrogen (secondary N) is 1. The Hall–Kier alpha value is -2.24. The van der Waals surface area contributed by atoms with E-state index in [-0.39, 0.29) is 24.4 Å². The maximum absolute atomic E-state index is 13.0. The van der Waals surface area contributed by atoms with Crippen LogP contribution in [0.25, 0.3) is 0 Å². The van der Waals surface area contributed by atoms with Gasteiger partial charge >= 0.3 is 0 Å². The number of hydrogen-bond acceptors (Lipinski definition) is 3. The third kappa shape index (κ3) is 4.44. The number of nitrogens with zero attached hydrogens (tertiary/aromatic N) is 1. The molecular weight excluding hydrogens is 319 g/mol. The number of aliphatic hydroxyl groups excluding tert-OH is 1. The second-order valence-corrected chi connectivity index (χ2v) is 6.41. The van der Waals surface area contributed by atoms with Gasteiger partial charge in [0.05, 0.1) is 6.61 Å². The minimum absolute atomic E-state index is 0.184. The lowest BCUT2D eigenvalue weighted by Crippen LogP contribution is -2.32. The molecule has 25 heavy (non-hydrogen) atoms. The molecule has 1 atom stereocenters. The summed E-state index contributed by atoms with van der Waals surface area (Å²) in [7, 11) is 0. The van der Waals surface area contributed by atoms with E-state index >= 15 is 0 Å². The number of likely N-dealkylation sites (tertiary alicyclic amines) is 1. The van der Waals surface area contributed by atoms with Crippen LogP contribution in [0, 0.1) is 5.82 Å². The molecule has 0 radical (unpaired) electrons. The fourth-order valence-corrected chi connectivity index (χ4v) is 3.29. The van der Waals surface area contributed by atoms with Gasteiger partial charge in [0.25, 0.3) is 5.91 Å². The van der Waals surface area contributed by atoms with Crippen LogP contribution in [0.4, 0.5) is 4.39 Å². The Balaban J connectivity index is 1.64. The third-order valence-corrected chi connectivity index (χ3v) is 4.75. The molecule has 4 nitrogen and oxygen atoms in total. The molecule has 1 aliphatic rings. The summed E-state index contributed by atoms with van der Waals surface area (Å²) in [5.74, 6) is -0.574. The number of carbonyl (C=O) groups excluding carboxylic acids is 1. The third-order valence-electron chi connectivity index (χ3n) is 4.75. The van der Waals surface area contributed by atoms with Crippen molar-refractivity contribution in [2.75, 3.05) is 13.2 Å². The van der Waals surface area contributed by atoms with E-state index in [0.717, 1.165) is 37.1 Å². The second kappa shape index (κ2) is 8.23. The molecule has 0 spiro atoms. The summed E-state index contributed by atoms with van der Waals surface area (Å²) in [5.41, 5.74) is 2.66. The number of rotatable bonds is 6. The minimum atomic E-state index is -0.356. The lowest BCUT2D eigenvalue weighted by Gasteiger charge is -2.24. The molecule has 0 aromatic heterocycles. The number of amides is 1. The number of halogens is 1. The SMILES string of the molecule is O=C(NCc1ccccc1CN1CCC[C@@H]1CO)c1ccc(F)cc1. The molecule has 1 saturated heterocycles. The first kappa shape index (κ1) is 17.6. The summed E-state index contributed by atoms with van der Waals surface area (Å²) < 4.78 is 13.0. The molecule has 0 bridgehead atoms. The van der Waals surface area contributed by atoms with Crippen molar-refractivity contribution in [3.63, 3.8) is 0 Å². The summed E-state index contributed by atoms with van der Waals surface area (Å²) in [4.78, 5) is 14.5. The van der Waals surface area contributed by atoms with Gasteiger partial charge in [-0.2, -0.15) is 0 Å². The molecule has 1 amide bonds. The average Bonchev–Trinajstić information content (AvgIpc) is 3.08. The van der Waals surface area contributed by atoms with E-state index in [2.05, 4.69) is 16.3 Å². The molecular formula is C20H23FN2O2. The highest BCUT2D eigenvalue weighted by Gasteiger charge is 2.24. The number of aliphatic hydroxyl groups is 1. The van der Waals surface area contributed by atoms with Crippen molar-refractivity contribution in [1.29, 1.82) is 0 Å². The number of hydrogen-bond donors (Lipinski definition) is 2. The van der Waals surface area contributed by atoms with Crippen LogP contribution in [0.1, 0.15) is 34.3 Å². The van der Waals surface area contributed by atoms with Gasteiger partial charge in [-0.15, -0.1) is 0 Å². The lowest BCUT2D eigenvalue weighted by atomic mass is 10.1. The Morgan fingerprint density at radius 3 is 2.60 bits per heavy atom. The molecule has 5 heteroatoms. The van der Waals surface area contributed by atoms with Gasteiger partial charge in [0.15, 0.2) is 0 Å². The molecule has 0 aliphatic carbocycles. The van der Waals surface area contributed by atoms with Crippen molar-refractivity contribution in [3.8, 4) is 0 Å². The van der Waals surface area contributed by atoms with E-state index in [4.69, 9.17) is 0 Å². The Labute approximate surface area is 147 Å². The van der Waals surface area contributed by atoms with Crippen molar-refractivity contribution in [2.45, 2.75) is 32.0 Å². The van der Waals surface area contributed by atoms with Gasteiger partial charge < -0.3 is 10.4 Å². The van der Waals surface area contributed by atoms with E-state index < -0.39 is 0 Å². The van der Waals surface area contributed by atoms with E-state index in [1.165, 1.54) is 24.3 Å². The monoisotopic (exact) mass is 342 g/mol. The first-order valence-electron chi connectivity index (χ1n) is 8.63. The normalized spacial score (nSPS) is 17.6. The van der Waals surface area contributed by atoms with Crippen LogP contribution in [0.15, 0.2) is 48.5 Å². The molecule has 1 heterocycles. The van der Waals surface area contributed by atoms with Crippen LogP contribution in [0.3, 0.4) is 0 Å². The Morgan fingerprint density at radius 2 is 1.88 bits per heavy atom. The Bertz CT molecular complexity index is 718. The molecule has 1 fully saturated rings. The summed E-state index contributed by atoms with van der Waals surface area (Å²) >= 11 is 0. The maximum Gasteiger partial charge on any atom is 0.251 e. The minimum Gasteiger partial charge on any atom is -0.395 e. The largest absolute Gasteiger partial charge is 0.395 e. The zero-order valence-electron chi connectivity index (χ0n) is 14.1. The molecule has 2 N–H and O–H groups in total. The van der Waals surface area contributed by atoms with Crippen molar-refractivity contribution < 1.29 is 14.3 Å². The topological polar surface area (TPSA) is 52.6 Å². The summed E-state index contributed by atoms with van der Waals surface area (Å²) in [6, 6.07) is 13.8. The number of benzene rings is 2. The standard InChI is InChI=1S/C20H23FN2O2/c21-18-9-7-15(8-10-18)20(25)22-12-16-4-1-2-5-17(16)13-23-11-3-6-19(23)14-24/h1-2,4-5,7-10,19,24H,3,6,11-14H2,(H,22,25)/t19-/m1/s1. The van der Waals surface area contributed by atoms with Crippen LogP contribution in [-0.4, -0.2) is 35.1 Å². The van der Waals surface area contributed by atoms with Crippen molar-refractivity contribution in [2.24, 2.45) is 0 Å². The van der Waals surface area contributed by atoms with Crippen LogP contribution < -0.4 is 5.32 Å². The van der Waals surface area contributed by atoms with Gasteiger partial charge in [0, 0.05) is 24.7 Å². The predicted octanol–water partition coefficient (Wildman–Crippen LogP) is 2.71. The Morgan fingerprint density at radius 1 is 1.16 bits per heavy atom. The van der Waals surface area contributed by atoms with E-state index in [1.807, 2.05) is 18.2 Å². The van der Waals surface area contributed by atoms with Crippen molar-refractivity contribution in [1.82, 2.24) is 10.2 Å². The number of carbonyl (C=O) groups is 1. The van der Waals surface area contributed by atoms with Gasteiger partial charge in [-0.1, -0.05) is 24.3 Å². The molecule has 3 rings (SSSR count). The summed E-state index contributed by atoms with van der Waals surface area (Å²) in [6.45, 7) is 2.36. The quantitative estimate of drug-likeness (QED) is 0.849. The lowest BCUT2D eigenvalue weighted by molar-refractivity contribution is 0.0950. The van der Waals surface area contributed by atoms with Gasteiger partial charge in [-0.05, 0) is 54.8 Å². The van der Waals surface area contributed by atoms with E-state index in [9.17, 15) is 14.3 Å². The first-order valence-corrected chi connectivity index (χ1v) is 8.63. The zero-order chi connectivity index (χ0) is 17.6. The fraction of sp³-hybridized carbons (Fsp3) is 0.350. The van der Waals surface area contributed by atoms with Crippen molar-refractivity contribution in [3.05, 3.63) is 71.0 Å². The molecule has 132 valence electrons. The average molecular weight is 342 g/mol. The highest BCUT2D eigenvalue weighted by molar-refractivity contribution is 5.94. The van der Waals surface area contributed by atoms with Crippen molar-refractivity contribution >= 4 is 5.91 Å². The smallest absolute Gasteiger partial charge is 0.251 e. The van der Waals surface area contributed by atoms with E-state index in [0.29, 0.717) is 12.1 Å².